The number of aryl methyl sites for hydroxylation is 1. The molecule has 16 heteroatoms. The molecule has 260 valence electrons. The van der Waals surface area contributed by atoms with Crippen molar-refractivity contribution >= 4 is 46.6 Å². The smallest absolute Gasteiger partial charge is 0.409 e. The monoisotopic (exact) mass is 672 g/mol. The molecule has 2 aromatic rings. The fourth-order valence-electron chi connectivity index (χ4n) is 5.82. The number of carbonyl (C=O) groups is 6. The van der Waals surface area contributed by atoms with Crippen LogP contribution in [0.3, 0.4) is 0 Å². The molecule has 1 aromatic heterocycles. The predicted octanol–water partition coefficient (Wildman–Crippen LogP) is 1.45. The summed E-state index contributed by atoms with van der Waals surface area (Å²) in [7, 11) is 0. The van der Waals surface area contributed by atoms with Crippen molar-refractivity contribution < 1.29 is 47.7 Å². The van der Waals surface area contributed by atoms with Gasteiger partial charge in [0.1, 0.15) is 29.3 Å². The summed E-state index contributed by atoms with van der Waals surface area (Å²) in [5, 5.41) is 14.9. The zero-order valence-electron chi connectivity index (χ0n) is 27.3. The maximum atomic E-state index is 14.6. The Morgan fingerprint density at radius 3 is 2.44 bits per heavy atom. The predicted molar refractivity (Wildman–Crippen MR) is 169 cm³/mol. The van der Waals surface area contributed by atoms with Crippen LogP contribution in [0.2, 0.25) is 0 Å². The number of ether oxygens (including phenoxy) is 2. The highest BCUT2D eigenvalue weighted by molar-refractivity contribution is 6.00. The van der Waals surface area contributed by atoms with Crippen LogP contribution in [0.5, 0.6) is 5.75 Å². The molecule has 5 amide bonds. The summed E-state index contributed by atoms with van der Waals surface area (Å²) in [4.78, 5) is 84.8. The molecule has 15 nitrogen and oxygen atoms in total. The Hall–Kier alpha value is -5.02. The first-order valence-corrected chi connectivity index (χ1v) is 16.0. The van der Waals surface area contributed by atoms with E-state index >= 15 is 0 Å². The fraction of sp³-hybridized carbons (Fsp3) is 0.531. The number of pyridine rings is 1. The number of hydrogen-bond donors (Lipinski definition) is 3. The van der Waals surface area contributed by atoms with Crippen molar-refractivity contribution in [2.24, 2.45) is 0 Å². The topological polar surface area (TPSA) is 188 Å². The van der Waals surface area contributed by atoms with E-state index in [0.717, 1.165) is 0 Å². The van der Waals surface area contributed by atoms with Crippen LogP contribution in [-0.4, -0.2) is 125 Å². The molecule has 3 heterocycles. The maximum Gasteiger partial charge on any atom is 0.409 e. The molecule has 2 unspecified atom stereocenters. The van der Waals surface area contributed by atoms with E-state index in [-0.39, 0.29) is 73.0 Å². The van der Waals surface area contributed by atoms with E-state index in [1.54, 1.807) is 13.8 Å². The molecule has 2 aliphatic rings. The molecule has 48 heavy (non-hydrogen) atoms. The summed E-state index contributed by atoms with van der Waals surface area (Å²) in [5.74, 6) is -3.80. The number of amides is 5. The highest BCUT2D eigenvalue weighted by Gasteiger charge is 2.35. The highest BCUT2D eigenvalue weighted by Crippen LogP contribution is 2.31. The van der Waals surface area contributed by atoms with Crippen LogP contribution >= 0.6 is 0 Å². The van der Waals surface area contributed by atoms with Crippen LogP contribution < -0.4 is 15.4 Å². The molecule has 0 aliphatic carbocycles. The number of carboxylic acids is 1. The Morgan fingerprint density at radius 2 is 1.77 bits per heavy atom. The molecule has 2 fully saturated rings. The first kappa shape index (κ1) is 35.8. The van der Waals surface area contributed by atoms with Crippen LogP contribution in [0.1, 0.15) is 55.6 Å². The Kier molecular flexibility index (Phi) is 12.1. The van der Waals surface area contributed by atoms with Gasteiger partial charge in [0.15, 0.2) is 6.61 Å². The molecule has 0 saturated carbocycles. The average Bonchev–Trinajstić information content (AvgIpc) is 3.57. The van der Waals surface area contributed by atoms with Crippen molar-refractivity contribution in [2.45, 2.75) is 58.5 Å². The highest BCUT2D eigenvalue weighted by atomic mass is 19.1. The van der Waals surface area contributed by atoms with E-state index in [1.165, 1.54) is 39.8 Å². The SMILES string of the molecule is CCNC(=O)C1CCCN1C(=O)COc1cc(C(=O)NC(CCC(=O)O)C(=O)N2CCN(C(=O)OCC)CC2)nc2ccc(F)c(C)c12. The lowest BCUT2D eigenvalue weighted by Crippen LogP contribution is -2.56. The third-order valence-electron chi connectivity index (χ3n) is 8.31. The molecule has 2 atom stereocenters. The molecule has 1 aromatic carbocycles. The fourth-order valence-corrected chi connectivity index (χ4v) is 5.82. The van der Waals surface area contributed by atoms with Crippen molar-refractivity contribution in [3.8, 4) is 5.75 Å². The Bertz CT molecular complexity index is 1560. The lowest BCUT2D eigenvalue weighted by Gasteiger charge is -2.35. The molecule has 3 N–H and O–H groups in total. The van der Waals surface area contributed by atoms with Crippen LogP contribution in [-0.2, 0) is 23.9 Å². The van der Waals surface area contributed by atoms with Crippen LogP contribution in [0.4, 0.5) is 9.18 Å². The number of aromatic nitrogens is 1. The van der Waals surface area contributed by atoms with Crippen molar-refractivity contribution in [1.82, 2.24) is 30.3 Å². The quantitative estimate of drug-likeness (QED) is 0.298. The van der Waals surface area contributed by atoms with Gasteiger partial charge >= 0.3 is 12.1 Å². The number of piperazine rings is 1. The number of likely N-dealkylation sites (tertiary alicyclic amines) is 1. The molecule has 0 radical (unpaired) electrons. The van der Waals surface area contributed by atoms with Crippen LogP contribution in [0.25, 0.3) is 10.9 Å². The third-order valence-corrected chi connectivity index (χ3v) is 8.31. The number of rotatable bonds is 12. The first-order valence-electron chi connectivity index (χ1n) is 16.0. The van der Waals surface area contributed by atoms with Gasteiger partial charge < -0.3 is 39.9 Å². The van der Waals surface area contributed by atoms with Gasteiger partial charge in [-0.1, -0.05) is 0 Å². The maximum absolute atomic E-state index is 14.6. The van der Waals surface area contributed by atoms with E-state index in [1.807, 2.05) is 0 Å². The Labute approximate surface area is 276 Å². The van der Waals surface area contributed by atoms with E-state index in [0.29, 0.717) is 25.9 Å². The number of fused-ring (bicyclic) bond motifs is 1. The van der Waals surface area contributed by atoms with Gasteiger partial charge in [-0.05, 0) is 57.7 Å². The number of nitrogens with one attached hydrogen (secondary N) is 2. The molecular formula is C32H41FN6O9. The van der Waals surface area contributed by atoms with Gasteiger partial charge in [0.2, 0.25) is 11.8 Å². The van der Waals surface area contributed by atoms with Gasteiger partial charge in [0, 0.05) is 57.1 Å². The molecule has 2 saturated heterocycles. The van der Waals surface area contributed by atoms with Crippen LogP contribution in [0.15, 0.2) is 18.2 Å². The normalized spacial score (nSPS) is 16.8. The number of halogens is 1. The Morgan fingerprint density at radius 1 is 1.06 bits per heavy atom. The van der Waals surface area contributed by atoms with Gasteiger partial charge in [-0.15, -0.1) is 0 Å². The van der Waals surface area contributed by atoms with Crippen molar-refractivity contribution in [2.75, 3.05) is 52.5 Å². The standard InChI is InChI=1S/C32H41FN6O9/c1-4-34-30(44)24-7-6-12-39(24)26(40)18-48-25-17-23(35-21-9-8-20(33)19(3)28(21)25)29(43)36-22(10-11-27(41)42)31(45)37-13-15-38(16-14-37)32(46)47-5-2/h8-9,17,22,24H,4-7,10-16,18H2,1-3H3,(H,34,44)(H,36,43)(H,41,42). The second-order valence-electron chi connectivity index (χ2n) is 11.5. The van der Waals surface area contributed by atoms with Crippen molar-refractivity contribution in [3.63, 3.8) is 0 Å². The largest absolute Gasteiger partial charge is 0.483 e. The molecule has 2 aliphatic heterocycles. The zero-order valence-corrected chi connectivity index (χ0v) is 27.3. The zero-order chi connectivity index (χ0) is 35.0. The summed E-state index contributed by atoms with van der Waals surface area (Å²) in [6, 6.07) is 1.90. The first-order chi connectivity index (χ1) is 22.9. The number of likely N-dealkylation sites (N-methyl/N-ethyl adjacent to an activating group) is 1. The number of carbonyl (C=O) groups excluding carboxylic acids is 5. The van der Waals surface area contributed by atoms with Gasteiger partial charge in [0.05, 0.1) is 12.1 Å². The third kappa shape index (κ3) is 8.46. The van der Waals surface area contributed by atoms with E-state index in [9.17, 15) is 38.3 Å². The van der Waals surface area contributed by atoms with Crippen molar-refractivity contribution in [1.29, 1.82) is 0 Å². The minimum atomic E-state index is -1.23. The number of carboxylic acid groups (broad SMARTS) is 1. The Balaban J connectivity index is 1.55. The second-order valence-corrected chi connectivity index (χ2v) is 11.5. The molecular weight excluding hydrogens is 631 g/mol. The molecule has 0 spiro atoms. The molecule has 0 bridgehead atoms. The van der Waals surface area contributed by atoms with E-state index in [2.05, 4.69) is 15.6 Å². The second kappa shape index (κ2) is 16.2. The van der Waals surface area contributed by atoms with Gasteiger partial charge in [-0.3, -0.25) is 24.0 Å². The number of nitrogens with zero attached hydrogens (tertiary/aromatic N) is 4. The summed E-state index contributed by atoms with van der Waals surface area (Å²) in [6.07, 6.45) is 0.0277. The van der Waals surface area contributed by atoms with Crippen LogP contribution in [0, 0.1) is 12.7 Å². The van der Waals surface area contributed by atoms with E-state index < -0.39 is 60.7 Å². The van der Waals surface area contributed by atoms with Gasteiger partial charge in [-0.2, -0.15) is 0 Å². The molecule has 4 rings (SSSR count). The van der Waals surface area contributed by atoms with Crippen molar-refractivity contribution in [3.05, 3.63) is 35.3 Å². The lowest BCUT2D eigenvalue weighted by molar-refractivity contribution is -0.139. The average molecular weight is 673 g/mol. The summed E-state index contributed by atoms with van der Waals surface area (Å²) < 4.78 is 25.5. The minimum Gasteiger partial charge on any atom is -0.483 e. The summed E-state index contributed by atoms with van der Waals surface area (Å²) in [6.45, 7) is 6.17. The number of aliphatic carboxylic acids is 1. The van der Waals surface area contributed by atoms with E-state index in [4.69, 9.17) is 9.47 Å². The van der Waals surface area contributed by atoms with Gasteiger partial charge in [-0.25, -0.2) is 14.2 Å². The summed E-state index contributed by atoms with van der Waals surface area (Å²) in [5.41, 5.74) is 0.152. The summed E-state index contributed by atoms with van der Waals surface area (Å²) >= 11 is 0. The number of benzene rings is 1. The minimum absolute atomic E-state index is 0.00671. The number of hydrogen-bond acceptors (Lipinski definition) is 9. The van der Waals surface area contributed by atoms with Gasteiger partial charge in [0.25, 0.3) is 11.8 Å². The lowest BCUT2D eigenvalue weighted by atomic mass is 10.1.